The van der Waals surface area contributed by atoms with E-state index < -0.39 is 0 Å². The molecule has 0 saturated carbocycles. The Bertz CT molecular complexity index is 959. The molecule has 35 heavy (non-hydrogen) atoms. The van der Waals surface area contributed by atoms with Crippen molar-refractivity contribution >= 4 is 0 Å². The Labute approximate surface area is 213 Å². The van der Waals surface area contributed by atoms with Gasteiger partial charge in [-0.15, -0.1) is 0 Å². The molecule has 1 N–H and O–H groups in total. The Kier molecular flexibility index (Phi) is 8.30. The van der Waals surface area contributed by atoms with Crippen LogP contribution in [0.2, 0.25) is 0 Å². The lowest BCUT2D eigenvalue weighted by Crippen LogP contribution is -2.49. The van der Waals surface area contributed by atoms with Gasteiger partial charge in [0.15, 0.2) is 0 Å². The molecule has 2 saturated heterocycles. The maximum Gasteiger partial charge on any atom is 0.0667 e. The minimum atomic E-state index is -0.230. The third-order valence-corrected chi connectivity index (χ3v) is 8.46. The normalized spacial score (nSPS) is 27.5. The molecule has 2 aromatic rings. The monoisotopic (exact) mass is 478 g/mol. The van der Waals surface area contributed by atoms with Crippen molar-refractivity contribution in [2.45, 2.75) is 102 Å². The van der Waals surface area contributed by atoms with E-state index in [1.165, 1.54) is 17.0 Å². The van der Waals surface area contributed by atoms with Crippen LogP contribution < -0.4 is 0 Å². The number of β-amino-alcohol motifs (C(OH)–C–C–N with tert-alkyl or cyclic N) is 1. The zero-order chi connectivity index (χ0) is 25.2. The van der Waals surface area contributed by atoms with E-state index in [1.807, 2.05) is 0 Å². The number of hydrogen-bond acceptors (Lipinski definition) is 5. The predicted octanol–water partition coefficient (Wildman–Crippen LogP) is 5.66. The predicted molar refractivity (Wildman–Crippen MR) is 144 cm³/mol. The van der Waals surface area contributed by atoms with E-state index in [2.05, 4.69) is 88.0 Å². The molecule has 0 aromatic carbocycles. The highest BCUT2D eigenvalue weighted by atomic mass is 16.3. The number of aromatic nitrogens is 2. The smallest absolute Gasteiger partial charge is 0.0667 e. The van der Waals surface area contributed by atoms with Crippen LogP contribution in [-0.2, 0) is 5.41 Å². The van der Waals surface area contributed by atoms with Crippen LogP contribution in [-0.4, -0.2) is 63.7 Å². The molecule has 5 heteroatoms. The third-order valence-electron chi connectivity index (χ3n) is 8.46. The van der Waals surface area contributed by atoms with Crippen LogP contribution in [0.5, 0.6) is 0 Å². The molecule has 4 atom stereocenters. The van der Waals surface area contributed by atoms with Gasteiger partial charge in [-0.3, -0.25) is 14.9 Å². The molecule has 5 nitrogen and oxygen atoms in total. The highest BCUT2D eigenvalue weighted by Gasteiger charge is 2.39. The molecule has 0 radical (unpaired) electrons. The molecule has 2 aliphatic heterocycles. The second-order valence-electron chi connectivity index (χ2n) is 12.0. The maximum atomic E-state index is 10.5. The van der Waals surface area contributed by atoms with Crippen molar-refractivity contribution in [3.8, 4) is 0 Å². The number of aliphatic hydroxyl groups is 1. The summed E-state index contributed by atoms with van der Waals surface area (Å²) in [7, 11) is 2.28. The standard InChI is InChI=1S/C30H46N4O/c1-21(2)26-13-12-23(19-31-26)28(34-15-8-9-25(35)20-34)17-24-18-30(5,14-16-33(24)6)29-11-7-10-27(32-29)22(3)4/h7,10-13,19,21-22,24-25,28,35H,8-9,14-18,20H2,1-6H3/t24?,25-,28?,30?/m0/s1. The molecule has 0 bridgehead atoms. The van der Waals surface area contributed by atoms with Crippen LogP contribution in [0.1, 0.15) is 107 Å². The van der Waals surface area contributed by atoms with E-state index in [4.69, 9.17) is 9.97 Å². The number of aliphatic hydroxyl groups excluding tert-OH is 1. The number of rotatable bonds is 7. The molecule has 0 aliphatic carbocycles. The fraction of sp³-hybridized carbons (Fsp3) is 0.667. The summed E-state index contributed by atoms with van der Waals surface area (Å²) in [6.07, 6.45) is 7.11. The van der Waals surface area contributed by atoms with Gasteiger partial charge in [-0.1, -0.05) is 46.8 Å². The zero-order valence-corrected chi connectivity index (χ0v) is 22.7. The lowest BCUT2D eigenvalue weighted by atomic mass is 9.72. The van der Waals surface area contributed by atoms with Gasteiger partial charge in [0.1, 0.15) is 0 Å². The Morgan fingerprint density at radius 3 is 2.49 bits per heavy atom. The Morgan fingerprint density at radius 2 is 1.83 bits per heavy atom. The second-order valence-corrected chi connectivity index (χ2v) is 12.0. The molecule has 0 spiro atoms. The largest absolute Gasteiger partial charge is 0.392 e. The number of hydrogen-bond donors (Lipinski definition) is 1. The number of likely N-dealkylation sites (tertiary alicyclic amines) is 2. The Hall–Kier alpha value is -1.82. The van der Waals surface area contributed by atoms with Crippen molar-refractivity contribution in [1.82, 2.24) is 19.8 Å². The summed E-state index contributed by atoms with van der Waals surface area (Å²) in [5, 5.41) is 10.5. The minimum Gasteiger partial charge on any atom is -0.392 e. The number of nitrogens with zero attached hydrogens (tertiary/aromatic N) is 4. The molecule has 3 unspecified atom stereocenters. The molecule has 0 amide bonds. The lowest BCUT2D eigenvalue weighted by molar-refractivity contribution is 0.0259. The van der Waals surface area contributed by atoms with Gasteiger partial charge in [0.25, 0.3) is 0 Å². The first-order chi connectivity index (χ1) is 16.7. The van der Waals surface area contributed by atoms with Crippen LogP contribution >= 0.6 is 0 Å². The van der Waals surface area contributed by atoms with E-state index in [9.17, 15) is 5.11 Å². The summed E-state index contributed by atoms with van der Waals surface area (Å²) in [4.78, 5) is 15.0. The highest BCUT2D eigenvalue weighted by molar-refractivity contribution is 5.24. The lowest BCUT2D eigenvalue weighted by Gasteiger charge is -2.46. The molecule has 192 valence electrons. The average molecular weight is 479 g/mol. The van der Waals surface area contributed by atoms with Gasteiger partial charge in [0.2, 0.25) is 0 Å². The van der Waals surface area contributed by atoms with Crippen molar-refractivity contribution in [3.05, 3.63) is 59.2 Å². The quantitative estimate of drug-likeness (QED) is 0.556. The van der Waals surface area contributed by atoms with Crippen LogP contribution in [0, 0.1) is 0 Å². The van der Waals surface area contributed by atoms with Crippen molar-refractivity contribution in [3.63, 3.8) is 0 Å². The fourth-order valence-electron chi connectivity index (χ4n) is 5.96. The first kappa shape index (κ1) is 26.2. The molecule has 4 heterocycles. The summed E-state index contributed by atoms with van der Waals surface area (Å²) < 4.78 is 0. The second kappa shape index (κ2) is 11.1. The van der Waals surface area contributed by atoms with Crippen molar-refractivity contribution in [2.24, 2.45) is 0 Å². The highest BCUT2D eigenvalue weighted by Crippen LogP contribution is 2.41. The van der Waals surface area contributed by atoms with E-state index in [1.54, 1.807) is 0 Å². The topological polar surface area (TPSA) is 52.5 Å². The van der Waals surface area contributed by atoms with Crippen LogP contribution in [0.15, 0.2) is 36.5 Å². The number of piperidine rings is 2. The summed E-state index contributed by atoms with van der Waals surface area (Å²) in [6.45, 7) is 14.1. The molecular formula is C30H46N4O. The maximum absolute atomic E-state index is 10.5. The Balaban J connectivity index is 1.60. The van der Waals surface area contributed by atoms with Gasteiger partial charge in [0.05, 0.1) is 6.10 Å². The molecule has 2 aliphatic rings. The van der Waals surface area contributed by atoms with Crippen LogP contribution in [0.25, 0.3) is 0 Å². The first-order valence-electron chi connectivity index (χ1n) is 13.7. The molecule has 2 fully saturated rings. The van der Waals surface area contributed by atoms with Crippen molar-refractivity contribution < 1.29 is 5.11 Å². The average Bonchev–Trinajstić information content (AvgIpc) is 2.85. The Morgan fingerprint density at radius 1 is 1.06 bits per heavy atom. The minimum absolute atomic E-state index is 0.0772. The van der Waals surface area contributed by atoms with Gasteiger partial charge in [0, 0.05) is 47.3 Å². The fourth-order valence-corrected chi connectivity index (χ4v) is 5.96. The van der Waals surface area contributed by atoms with E-state index >= 15 is 0 Å². The van der Waals surface area contributed by atoms with Gasteiger partial charge >= 0.3 is 0 Å². The summed E-state index contributed by atoms with van der Waals surface area (Å²) in [5.41, 5.74) is 4.94. The summed E-state index contributed by atoms with van der Waals surface area (Å²) in [5.74, 6) is 0.871. The summed E-state index contributed by atoms with van der Waals surface area (Å²) in [6, 6.07) is 11.8. The van der Waals surface area contributed by atoms with Crippen molar-refractivity contribution in [2.75, 3.05) is 26.7 Å². The first-order valence-corrected chi connectivity index (χ1v) is 13.7. The molecular weight excluding hydrogens is 432 g/mol. The van der Waals surface area contributed by atoms with Gasteiger partial charge in [-0.25, -0.2) is 0 Å². The zero-order valence-electron chi connectivity index (χ0n) is 22.7. The third kappa shape index (κ3) is 6.12. The van der Waals surface area contributed by atoms with Crippen LogP contribution in [0.3, 0.4) is 0 Å². The van der Waals surface area contributed by atoms with Crippen LogP contribution in [0.4, 0.5) is 0 Å². The van der Waals surface area contributed by atoms with E-state index in [0.29, 0.717) is 17.9 Å². The molecule has 4 rings (SSSR count). The van der Waals surface area contributed by atoms with E-state index in [-0.39, 0.29) is 17.6 Å². The van der Waals surface area contributed by atoms with Gasteiger partial charge in [-0.05, 0) is 87.8 Å². The SMILES string of the molecule is CC(C)c1ccc(C(CC2CC(C)(c3cccc(C(C)C)n3)CCN2C)N2CCC[C@H](O)C2)cn1. The van der Waals surface area contributed by atoms with E-state index in [0.717, 1.165) is 57.4 Å². The van der Waals surface area contributed by atoms with Crippen molar-refractivity contribution in [1.29, 1.82) is 0 Å². The van der Waals surface area contributed by atoms with Gasteiger partial charge < -0.3 is 10.0 Å². The number of pyridine rings is 2. The summed E-state index contributed by atoms with van der Waals surface area (Å²) >= 11 is 0. The van der Waals surface area contributed by atoms with Gasteiger partial charge in [-0.2, -0.15) is 0 Å². The molecule has 2 aromatic heterocycles.